The maximum Gasteiger partial charge on any atom is 0.254 e. The minimum atomic E-state index is -0.145. The molecule has 7 heteroatoms. The van der Waals surface area contributed by atoms with Gasteiger partial charge in [-0.15, -0.1) is 11.3 Å². The molecule has 36 heavy (non-hydrogen) atoms. The third-order valence-electron chi connectivity index (χ3n) is 6.69. The number of hydrogen-bond acceptors (Lipinski definition) is 5. The average Bonchev–Trinajstić information content (AvgIpc) is 3.58. The van der Waals surface area contributed by atoms with Gasteiger partial charge in [0.2, 0.25) is 5.91 Å². The highest BCUT2D eigenvalue weighted by Crippen LogP contribution is 2.20. The Hall–Kier alpha value is -3.16. The Balaban J connectivity index is 1.54. The second kappa shape index (κ2) is 12.7. The molecule has 0 bridgehead atoms. The fourth-order valence-corrected chi connectivity index (χ4v) is 5.42. The molecule has 0 radical (unpaired) electrons. The Bertz CT molecular complexity index is 1140. The molecule has 1 fully saturated rings. The van der Waals surface area contributed by atoms with E-state index in [0.29, 0.717) is 30.9 Å². The van der Waals surface area contributed by atoms with Crippen LogP contribution in [-0.4, -0.2) is 66.3 Å². The van der Waals surface area contributed by atoms with Crippen molar-refractivity contribution >= 4 is 23.2 Å². The van der Waals surface area contributed by atoms with Crippen molar-refractivity contribution in [3.05, 3.63) is 87.6 Å². The number of carbonyl (C=O) groups is 2. The second-order valence-electron chi connectivity index (χ2n) is 9.27. The van der Waals surface area contributed by atoms with Crippen molar-refractivity contribution in [2.75, 3.05) is 39.8 Å². The van der Waals surface area contributed by atoms with Gasteiger partial charge in [0.15, 0.2) is 0 Å². The minimum absolute atomic E-state index is 0.0428. The van der Waals surface area contributed by atoms with Crippen molar-refractivity contribution < 1.29 is 14.3 Å². The lowest BCUT2D eigenvalue weighted by atomic mass is 10.1. The summed E-state index contributed by atoms with van der Waals surface area (Å²) in [4.78, 5) is 34.4. The highest BCUT2D eigenvalue weighted by Gasteiger charge is 2.25. The van der Waals surface area contributed by atoms with Crippen LogP contribution in [0.4, 0.5) is 0 Å². The van der Waals surface area contributed by atoms with Crippen LogP contribution in [0.5, 0.6) is 5.75 Å². The van der Waals surface area contributed by atoms with Crippen molar-refractivity contribution in [3.8, 4) is 5.75 Å². The Morgan fingerprint density at radius 1 is 0.972 bits per heavy atom. The van der Waals surface area contributed by atoms with Gasteiger partial charge in [-0.3, -0.25) is 9.59 Å². The number of benzene rings is 2. The number of amides is 2. The molecule has 0 spiro atoms. The Kier molecular flexibility index (Phi) is 9.14. The topological polar surface area (TPSA) is 53.1 Å². The van der Waals surface area contributed by atoms with Crippen LogP contribution in [0, 0.1) is 6.92 Å². The largest absolute Gasteiger partial charge is 0.497 e. The summed E-state index contributed by atoms with van der Waals surface area (Å²) < 4.78 is 5.33. The van der Waals surface area contributed by atoms with Crippen LogP contribution in [0.15, 0.2) is 66.0 Å². The molecule has 1 aliphatic heterocycles. The van der Waals surface area contributed by atoms with Gasteiger partial charge in [0, 0.05) is 30.1 Å². The summed E-state index contributed by atoms with van der Waals surface area (Å²) in [6.07, 6.45) is 2.38. The van der Waals surface area contributed by atoms with Crippen molar-refractivity contribution in [3.63, 3.8) is 0 Å². The highest BCUT2D eigenvalue weighted by atomic mass is 32.1. The average molecular weight is 506 g/mol. The molecule has 0 atom stereocenters. The lowest BCUT2D eigenvalue weighted by molar-refractivity contribution is -0.133. The van der Waals surface area contributed by atoms with Crippen LogP contribution in [0.3, 0.4) is 0 Å². The number of carbonyl (C=O) groups excluding carboxylic acids is 2. The lowest BCUT2D eigenvalue weighted by Gasteiger charge is -2.29. The van der Waals surface area contributed by atoms with Crippen molar-refractivity contribution in [2.45, 2.75) is 32.9 Å². The van der Waals surface area contributed by atoms with Gasteiger partial charge in [0.05, 0.1) is 13.7 Å². The molecule has 6 nitrogen and oxygen atoms in total. The number of likely N-dealkylation sites (tertiary alicyclic amines) is 1. The number of hydrogen-bond donors (Lipinski definition) is 0. The number of nitrogens with zero attached hydrogens (tertiary/aromatic N) is 3. The monoisotopic (exact) mass is 505 g/mol. The smallest absolute Gasteiger partial charge is 0.254 e. The van der Waals surface area contributed by atoms with Crippen LogP contribution < -0.4 is 4.74 Å². The number of rotatable bonds is 11. The van der Waals surface area contributed by atoms with Gasteiger partial charge in [0.25, 0.3) is 5.91 Å². The summed E-state index contributed by atoms with van der Waals surface area (Å²) in [6, 6.07) is 19.3. The molecule has 1 saturated heterocycles. The molecular formula is C29H35N3O3S. The number of methoxy groups -OCH3 is 1. The summed E-state index contributed by atoms with van der Waals surface area (Å²) >= 11 is 1.66. The Labute approximate surface area is 218 Å². The van der Waals surface area contributed by atoms with Crippen molar-refractivity contribution in [1.29, 1.82) is 0 Å². The van der Waals surface area contributed by atoms with Gasteiger partial charge in [0.1, 0.15) is 12.3 Å². The maximum atomic E-state index is 13.7. The van der Waals surface area contributed by atoms with Crippen LogP contribution in [0.2, 0.25) is 0 Å². The molecule has 0 unspecified atom stereocenters. The fraction of sp³-hybridized carbons (Fsp3) is 0.379. The first kappa shape index (κ1) is 25.9. The summed E-state index contributed by atoms with van der Waals surface area (Å²) in [7, 11) is 1.59. The quantitative estimate of drug-likeness (QED) is 0.375. The SMILES string of the molecule is COc1cccc(C(=O)N(CCN2CCCC2)CC(=O)N(Cc2ccccc2)Cc2sccc2C)c1. The van der Waals surface area contributed by atoms with E-state index in [1.807, 2.05) is 47.4 Å². The third-order valence-corrected chi connectivity index (χ3v) is 7.69. The molecule has 0 N–H and O–H groups in total. The van der Waals surface area contributed by atoms with Crippen molar-refractivity contribution in [1.82, 2.24) is 14.7 Å². The molecule has 0 aliphatic carbocycles. The van der Waals surface area contributed by atoms with Crippen LogP contribution >= 0.6 is 11.3 Å². The van der Waals surface area contributed by atoms with Crippen LogP contribution in [0.25, 0.3) is 0 Å². The predicted octanol–water partition coefficient (Wildman–Crippen LogP) is 4.83. The number of thiophene rings is 1. The molecule has 1 aromatic heterocycles. The Morgan fingerprint density at radius 2 is 1.75 bits per heavy atom. The van der Waals surface area contributed by atoms with E-state index in [4.69, 9.17) is 4.74 Å². The summed E-state index contributed by atoms with van der Waals surface area (Å²) in [5, 5.41) is 2.06. The zero-order chi connectivity index (χ0) is 25.3. The van der Waals surface area contributed by atoms with E-state index in [2.05, 4.69) is 23.3 Å². The van der Waals surface area contributed by atoms with E-state index < -0.39 is 0 Å². The van der Waals surface area contributed by atoms with Gasteiger partial charge in [-0.25, -0.2) is 0 Å². The first-order valence-corrected chi connectivity index (χ1v) is 13.4. The molecule has 3 aromatic rings. The summed E-state index contributed by atoms with van der Waals surface area (Å²) in [5.74, 6) is 0.434. The minimum Gasteiger partial charge on any atom is -0.497 e. The molecule has 190 valence electrons. The van der Waals surface area contributed by atoms with Crippen LogP contribution in [-0.2, 0) is 17.9 Å². The van der Waals surface area contributed by atoms with E-state index in [9.17, 15) is 9.59 Å². The van der Waals surface area contributed by atoms with Crippen LogP contribution in [0.1, 0.15) is 39.2 Å². The predicted molar refractivity (Wildman–Crippen MR) is 144 cm³/mol. The lowest BCUT2D eigenvalue weighted by Crippen LogP contribution is -2.45. The maximum absolute atomic E-state index is 13.7. The van der Waals surface area contributed by atoms with E-state index in [1.54, 1.807) is 35.5 Å². The third kappa shape index (κ3) is 6.95. The first-order chi connectivity index (χ1) is 17.5. The zero-order valence-electron chi connectivity index (χ0n) is 21.2. The van der Waals surface area contributed by atoms with E-state index in [-0.39, 0.29) is 18.4 Å². The first-order valence-electron chi connectivity index (χ1n) is 12.5. The molecule has 4 rings (SSSR count). The summed E-state index contributed by atoms with van der Waals surface area (Å²) in [6.45, 7) is 6.53. The van der Waals surface area contributed by atoms with E-state index in [1.165, 1.54) is 23.3 Å². The molecule has 1 aliphatic rings. The fourth-order valence-electron chi connectivity index (χ4n) is 4.50. The van der Waals surface area contributed by atoms with Gasteiger partial charge < -0.3 is 19.4 Å². The second-order valence-corrected chi connectivity index (χ2v) is 10.3. The Morgan fingerprint density at radius 3 is 2.44 bits per heavy atom. The van der Waals surface area contributed by atoms with Crippen molar-refractivity contribution in [2.24, 2.45) is 0 Å². The summed E-state index contributed by atoms with van der Waals surface area (Å²) in [5.41, 5.74) is 2.79. The highest BCUT2D eigenvalue weighted by molar-refractivity contribution is 7.10. The molecule has 2 amide bonds. The normalized spacial score (nSPS) is 13.5. The molecule has 2 aromatic carbocycles. The van der Waals surface area contributed by atoms with Gasteiger partial charge in [-0.2, -0.15) is 0 Å². The van der Waals surface area contributed by atoms with Gasteiger partial charge >= 0.3 is 0 Å². The molecular weight excluding hydrogens is 470 g/mol. The van der Waals surface area contributed by atoms with Gasteiger partial charge in [-0.1, -0.05) is 36.4 Å². The van der Waals surface area contributed by atoms with Gasteiger partial charge in [-0.05, 0) is 73.6 Å². The van der Waals surface area contributed by atoms with E-state index >= 15 is 0 Å². The standard InChI is InChI=1S/C29H35N3O3S/c1-23-13-18-36-27(23)21-32(20-24-9-4-3-5-10-24)28(33)22-31(17-16-30-14-6-7-15-30)29(34)25-11-8-12-26(19-25)35-2/h3-5,8-13,18-19H,6-7,14-17,20-22H2,1-2H3. The number of ether oxygens (including phenoxy) is 1. The molecule has 2 heterocycles. The van der Waals surface area contributed by atoms with E-state index in [0.717, 1.165) is 25.2 Å². The zero-order valence-corrected chi connectivity index (χ0v) is 22.0. The number of aryl methyl sites for hydroxylation is 1. The molecule has 0 saturated carbocycles.